The number of hydrogen-bond donors (Lipinski definition) is 2. The summed E-state index contributed by atoms with van der Waals surface area (Å²) in [7, 11) is -4.33. The summed E-state index contributed by atoms with van der Waals surface area (Å²) in [5, 5.41) is 19.9. The van der Waals surface area contributed by atoms with E-state index in [0.29, 0.717) is 4.90 Å². The van der Waals surface area contributed by atoms with E-state index in [9.17, 15) is 23.3 Å². The van der Waals surface area contributed by atoms with E-state index in [0.717, 1.165) is 18.2 Å². The molecule has 0 fully saturated rings. The van der Waals surface area contributed by atoms with Crippen LogP contribution in [0.5, 0.6) is 5.75 Å². The number of nitro benzene ring substituents is 1. The van der Waals surface area contributed by atoms with Gasteiger partial charge in [0.2, 0.25) is 0 Å². The lowest BCUT2D eigenvalue weighted by atomic mass is 10.1. The van der Waals surface area contributed by atoms with Crippen molar-refractivity contribution in [1.82, 2.24) is 4.90 Å². The Hall–Kier alpha value is -3.25. The van der Waals surface area contributed by atoms with E-state index in [1.807, 2.05) is 0 Å². The summed E-state index contributed by atoms with van der Waals surface area (Å²) in [5.74, 6) is 0.0368. The zero-order chi connectivity index (χ0) is 20.2. The Labute approximate surface area is 159 Å². The van der Waals surface area contributed by atoms with Crippen molar-refractivity contribution in [3.8, 4) is 5.75 Å². The van der Waals surface area contributed by atoms with Crippen LogP contribution >= 0.6 is 12.2 Å². The second-order valence-electron chi connectivity index (χ2n) is 5.11. The number of hydrogen-bond acceptors (Lipinski definition) is 7. The first-order valence-electron chi connectivity index (χ1n) is 7.18. The average Bonchev–Trinajstić information content (AvgIpc) is 2.59. The number of carboxylic acid groups (broad SMARTS) is 1. The van der Waals surface area contributed by atoms with Crippen LogP contribution in [-0.2, 0) is 16.7 Å². The second-order valence-corrected chi connectivity index (χ2v) is 7.07. The van der Waals surface area contributed by atoms with Crippen LogP contribution in [-0.4, -0.2) is 34.6 Å². The number of benzene rings is 2. The third-order valence-electron chi connectivity index (χ3n) is 3.32. The number of para-hydroxylation sites is 1. The molecule has 0 aromatic heterocycles. The number of carbonyl (C=O) groups is 1. The lowest BCUT2D eigenvalue weighted by Crippen LogP contribution is -2.39. The van der Waals surface area contributed by atoms with Gasteiger partial charge in [-0.05, 0) is 36.5 Å². The normalized spacial score (nSPS) is 10.8. The molecular formula is C15H13N3O7S2. The highest BCUT2D eigenvalue weighted by atomic mass is 32.2. The van der Waals surface area contributed by atoms with E-state index in [1.165, 1.54) is 12.1 Å². The van der Waals surface area contributed by atoms with Gasteiger partial charge in [-0.25, -0.2) is 9.69 Å². The quantitative estimate of drug-likeness (QED) is 0.315. The molecule has 12 heteroatoms. The fraction of sp³-hybridized carbons (Fsp3) is 0.0667. The smallest absolute Gasteiger partial charge is 0.413 e. The molecule has 142 valence electrons. The fourth-order valence-electron chi connectivity index (χ4n) is 2.06. The molecule has 0 aliphatic carbocycles. The molecule has 0 bridgehead atoms. The molecule has 1 amide bonds. The van der Waals surface area contributed by atoms with E-state index < -0.39 is 43.4 Å². The van der Waals surface area contributed by atoms with Gasteiger partial charge in [-0.2, -0.15) is 8.42 Å². The van der Waals surface area contributed by atoms with Gasteiger partial charge in [-0.15, -0.1) is 0 Å². The summed E-state index contributed by atoms with van der Waals surface area (Å²) >= 11 is 4.60. The molecule has 2 rings (SSSR count). The Kier molecular flexibility index (Phi) is 5.92. The first-order chi connectivity index (χ1) is 12.6. The van der Waals surface area contributed by atoms with Gasteiger partial charge in [0.1, 0.15) is 10.6 Å². The molecule has 0 aliphatic heterocycles. The van der Waals surface area contributed by atoms with Crippen LogP contribution in [0.4, 0.5) is 10.5 Å². The van der Waals surface area contributed by atoms with Gasteiger partial charge in [0.15, 0.2) is 5.11 Å². The maximum Gasteiger partial charge on any atom is 0.413 e. The molecule has 0 radical (unpaired) electrons. The van der Waals surface area contributed by atoms with Crippen LogP contribution in [0.1, 0.15) is 5.56 Å². The molecule has 0 aliphatic rings. The minimum Gasteiger partial charge on any atom is -0.465 e. The third-order valence-corrected chi connectivity index (χ3v) is 4.78. The lowest BCUT2D eigenvalue weighted by Gasteiger charge is -2.17. The predicted octanol–water partition coefficient (Wildman–Crippen LogP) is 2.09. The molecule has 2 aromatic carbocycles. The van der Waals surface area contributed by atoms with Crippen molar-refractivity contribution in [2.75, 3.05) is 0 Å². The van der Waals surface area contributed by atoms with Gasteiger partial charge in [0, 0.05) is 11.6 Å². The molecule has 0 saturated heterocycles. The van der Waals surface area contributed by atoms with Gasteiger partial charge < -0.3 is 15.0 Å². The number of amides is 1. The van der Waals surface area contributed by atoms with Gasteiger partial charge in [-0.3, -0.25) is 10.1 Å². The topological polar surface area (TPSA) is 153 Å². The molecule has 2 aromatic rings. The van der Waals surface area contributed by atoms with E-state index in [1.54, 1.807) is 18.2 Å². The number of rotatable bonds is 6. The van der Waals surface area contributed by atoms with Gasteiger partial charge in [0.25, 0.3) is 5.69 Å². The van der Waals surface area contributed by atoms with Crippen molar-refractivity contribution < 1.29 is 27.4 Å². The van der Waals surface area contributed by atoms with Crippen LogP contribution in [0.2, 0.25) is 0 Å². The van der Waals surface area contributed by atoms with E-state index in [4.69, 9.17) is 15.0 Å². The number of thiocarbonyl (C=S) groups is 1. The van der Waals surface area contributed by atoms with Crippen molar-refractivity contribution in [2.45, 2.75) is 11.4 Å². The molecule has 0 heterocycles. The van der Waals surface area contributed by atoms with Crippen molar-refractivity contribution in [1.29, 1.82) is 0 Å². The molecule has 10 nitrogen and oxygen atoms in total. The number of nitro groups is 1. The Morgan fingerprint density at radius 1 is 1.26 bits per heavy atom. The fourth-order valence-corrected chi connectivity index (χ4v) is 3.16. The van der Waals surface area contributed by atoms with Gasteiger partial charge in [0.05, 0.1) is 11.5 Å². The predicted molar refractivity (Wildman–Crippen MR) is 97.7 cm³/mol. The standard InChI is InChI=1S/C15H13N3O7S2/c16-14(26)17(15(19)20)9-10-6-7-12(8-13(10)18(21)22)27(23,24)25-11-4-2-1-3-5-11/h1-8H,9H2,(H2,16,26)(H,19,20). The van der Waals surface area contributed by atoms with Crippen molar-refractivity contribution in [3.63, 3.8) is 0 Å². The van der Waals surface area contributed by atoms with Crippen molar-refractivity contribution >= 4 is 39.2 Å². The summed E-state index contributed by atoms with van der Waals surface area (Å²) in [6.45, 7) is -0.513. The zero-order valence-electron chi connectivity index (χ0n) is 13.5. The van der Waals surface area contributed by atoms with Crippen molar-refractivity contribution in [2.24, 2.45) is 5.73 Å². The Balaban J connectivity index is 2.41. The SMILES string of the molecule is NC(=S)N(Cc1ccc(S(=O)(=O)Oc2ccccc2)cc1[N+](=O)[O-])C(=O)O. The third kappa shape index (κ3) is 4.89. The highest BCUT2D eigenvalue weighted by Crippen LogP contribution is 2.26. The minimum absolute atomic E-state index is 0.0368. The Morgan fingerprint density at radius 3 is 2.41 bits per heavy atom. The van der Waals surface area contributed by atoms with E-state index in [2.05, 4.69) is 12.2 Å². The maximum absolute atomic E-state index is 12.3. The molecular weight excluding hydrogens is 398 g/mol. The van der Waals surface area contributed by atoms with Crippen LogP contribution in [0.25, 0.3) is 0 Å². The van der Waals surface area contributed by atoms with Crippen LogP contribution in [0, 0.1) is 10.1 Å². The molecule has 0 unspecified atom stereocenters. The Bertz CT molecular complexity index is 980. The summed E-state index contributed by atoms with van der Waals surface area (Å²) < 4.78 is 29.6. The van der Waals surface area contributed by atoms with E-state index >= 15 is 0 Å². The maximum atomic E-state index is 12.3. The number of nitrogens with two attached hydrogens (primary N) is 1. The molecule has 27 heavy (non-hydrogen) atoms. The average molecular weight is 411 g/mol. The van der Waals surface area contributed by atoms with Crippen LogP contribution in [0.15, 0.2) is 53.4 Å². The number of nitrogens with zero attached hydrogens (tertiary/aromatic N) is 2. The summed E-state index contributed by atoms with van der Waals surface area (Å²) in [4.78, 5) is 21.7. The van der Waals surface area contributed by atoms with Crippen LogP contribution in [0.3, 0.4) is 0 Å². The second kappa shape index (κ2) is 7.97. The zero-order valence-corrected chi connectivity index (χ0v) is 15.1. The Morgan fingerprint density at radius 2 is 1.89 bits per heavy atom. The van der Waals surface area contributed by atoms with Gasteiger partial charge >= 0.3 is 16.2 Å². The first kappa shape index (κ1) is 20.1. The molecule has 0 spiro atoms. The monoisotopic (exact) mass is 411 g/mol. The van der Waals surface area contributed by atoms with Gasteiger partial charge in [-0.1, -0.05) is 18.2 Å². The van der Waals surface area contributed by atoms with Crippen molar-refractivity contribution in [3.05, 3.63) is 64.2 Å². The molecule has 3 N–H and O–H groups in total. The van der Waals surface area contributed by atoms with Crippen LogP contribution < -0.4 is 9.92 Å². The minimum atomic E-state index is -4.33. The van der Waals surface area contributed by atoms with E-state index in [-0.39, 0.29) is 11.3 Å². The lowest BCUT2D eigenvalue weighted by molar-refractivity contribution is -0.385. The summed E-state index contributed by atoms with van der Waals surface area (Å²) in [5.41, 5.74) is 4.58. The summed E-state index contributed by atoms with van der Waals surface area (Å²) in [6.07, 6.45) is -1.50. The molecule has 0 saturated carbocycles. The largest absolute Gasteiger partial charge is 0.465 e. The summed E-state index contributed by atoms with van der Waals surface area (Å²) in [6, 6.07) is 10.6. The highest BCUT2D eigenvalue weighted by molar-refractivity contribution is 7.87. The first-order valence-corrected chi connectivity index (χ1v) is 9.00. The molecule has 0 atom stereocenters. The highest BCUT2D eigenvalue weighted by Gasteiger charge is 2.26.